The van der Waals surface area contributed by atoms with Gasteiger partial charge in [-0.1, -0.05) is 48.5 Å². The summed E-state index contributed by atoms with van der Waals surface area (Å²) in [5.74, 6) is 0.892. The van der Waals surface area contributed by atoms with Crippen molar-refractivity contribution in [1.29, 1.82) is 0 Å². The standard InChI is InChI=1S/C23H21NO/c1-16-7-6-8-17(2)23(16)22-14-19-13-20(11-12-21(19)24-22)25-15-18-9-4-3-5-10-18/h3-14,24H,15H2,1-2H3. The molecule has 0 aliphatic heterocycles. The molecule has 0 aliphatic carbocycles. The summed E-state index contributed by atoms with van der Waals surface area (Å²) >= 11 is 0. The molecule has 0 fully saturated rings. The van der Waals surface area contributed by atoms with Crippen LogP contribution in [-0.2, 0) is 6.61 Å². The molecule has 25 heavy (non-hydrogen) atoms. The highest BCUT2D eigenvalue weighted by molar-refractivity contribution is 5.88. The fourth-order valence-corrected chi connectivity index (χ4v) is 3.32. The van der Waals surface area contributed by atoms with Gasteiger partial charge < -0.3 is 9.72 Å². The summed E-state index contributed by atoms with van der Waals surface area (Å²) in [5, 5.41) is 1.17. The van der Waals surface area contributed by atoms with Crippen molar-refractivity contribution in [3.05, 3.63) is 89.5 Å². The minimum absolute atomic E-state index is 0.584. The van der Waals surface area contributed by atoms with E-state index in [-0.39, 0.29) is 0 Å². The quantitative estimate of drug-likeness (QED) is 0.486. The Kier molecular flexibility index (Phi) is 4.02. The monoisotopic (exact) mass is 327 g/mol. The molecule has 0 atom stereocenters. The van der Waals surface area contributed by atoms with Crippen LogP contribution in [0.1, 0.15) is 16.7 Å². The molecule has 0 unspecified atom stereocenters. The minimum atomic E-state index is 0.584. The number of benzene rings is 3. The Morgan fingerprint density at radius 3 is 2.32 bits per heavy atom. The van der Waals surface area contributed by atoms with Gasteiger partial charge in [-0.25, -0.2) is 0 Å². The Bertz CT molecular complexity index is 995. The molecule has 1 heterocycles. The van der Waals surface area contributed by atoms with Crippen molar-refractivity contribution in [1.82, 2.24) is 4.98 Å². The second kappa shape index (κ2) is 6.48. The number of aromatic nitrogens is 1. The van der Waals surface area contributed by atoms with Gasteiger partial charge in [-0.05, 0) is 54.8 Å². The maximum atomic E-state index is 5.95. The highest BCUT2D eigenvalue weighted by atomic mass is 16.5. The van der Waals surface area contributed by atoms with Gasteiger partial charge in [-0.2, -0.15) is 0 Å². The van der Waals surface area contributed by atoms with E-state index in [0.29, 0.717) is 6.61 Å². The maximum absolute atomic E-state index is 5.95. The van der Waals surface area contributed by atoms with Gasteiger partial charge in [-0.3, -0.25) is 0 Å². The summed E-state index contributed by atoms with van der Waals surface area (Å²) < 4.78 is 5.95. The summed E-state index contributed by atoms with van der Waals surface area (Å²) in [5.41, 5.74) is 7.31. The highest BCUT2D eigenvalue weighted by Gasteiger charge is 2.09. The van der Waals surface area contributed by atoms with Crippen LogP contribution < -0.4 is 4.74 Å². The molecule has 1 N–H and O–H groups in total. The Hall–Kier alpha value is -3.00. The van der Waals surface area contributed by atoms with Gasteiger partial charge in [0.15, 0.2) is 0 Å². The third-order valence-corrected chi connectivity index (χ3v) is 4.59. The van der Waals surface area contributed by atoms with E-state index in [1.165, 1.54) is 27.6 Å². The number of hydrogen-bond donors (Lipinski definition) is 1. The summed E-state index contributed by atoms with van der Waals surface area (Å²) in [6, 6.07) is 25.1. The van der Waals surface area contributed by atoms with E-state index in [4.69, 9.17) is 4.74 Å². The first-order chi connectivity index (χ1) is 12.2. The Morgan fingerprint density at radius 2 is 1.56 bits per heavy atom. The number of fused-ring (bicyclic) bond motifs is 1. The van der Waals surface area contributed by atoms with Crippen molar-refractivity contribution in [3.63, 3.8) is 0 Å². The third-order valence-electron chi connectivity index (χ3n) is 4.59. The van der Waals surface area contributed by atoms with E-state index in [2.05, 4.69) is 67.4 Å². The van der Waals surface area contributed by atoms with Gasteiger partial charge in [-0.15, -0.1) is 0 Å². The number of rotatable bonds is 4. The van der Waals surface area contributed by atoms with Crippen molar-refractivity contribution in [2.45, 2.75) is 20.5 Å². The molecule has 0 bridgehead atoms. The number of H-pyrrole nitrogens is 1. The Balaban J connectivity index is 1.63. The Labute approximate surface area is 148 Å². The van der Waals surface area contributed by atoms with Gasteiger partial charge in [0, 0.05) is 22.2 Å². The average molecular weight is 327 g/mol. The average Bonchev–Trinajstić information content (AvgIpc) is 3.03. The second-order valence-corrected chi connectivity index (χ2v) is 6.47. The van der Waals surface area contributed by atoms with E-state index in [9.17, 15) is 0 Å². The zero-order valence-corrected chi connectivity index (χ0v) is 14.5. The molecule has 2 nitrogen and oxygen atoms in total. The van der Waals surface area contributed by atoms with Crippen LogP contribution in [0.25, 0.3) is 22.2 Å². The molecule has 0 aliphatic rings. The van der Waals surface area contributed by atoms with Crippen molar-refractivity contribution >= 4 is 10.9 Å². The van der Waals surface area contributed by atoms with Crippen LogP contribution >= 0.6 is 0 Å². The fraction of sp³-hybridized carbons (Fsp3) is 0.130. The minimum Gasteiger partial charge on any atom is -0.489 e. The first-order valence-electron chi connectivity index (χ1n) is 8.57. The number of ether oxygens (including phenoxy) is 1. The summed E-state index contributed by atoms with van der Waals surface area (Å²) in [6.45, 7) is 4.89. The van der Waals surface area contributed by atoms with Crippen LogP contribution in [0.2, 0.25) is 0 Å². The molecular weight excluding hydrogens is 306 g/mol. The van der Waals surface area contributed by atoms with Gasteiger partial charge in [0.1, 0.15) is 12.4 Å². The molecule has 4 rings (SSSR count). The topological polar surface area (TPSA) is 25.0 Å². The largest absolute Gasteiger partial charge is 0.489 e. The van der Waals surface area contributed by atoms with Crippen LogP contribution in [0.5, 0.6) is 5.75 Å². The predicted octanol–water partition coefficient (Wildman–Crippen LogP) is 6.03. The van der Waals surface area contributed by atoms with Crippen molar-refractivity contribution < 1.29 is 4.74 Å². The molecule has 1 aromatic heterocycles. The fourth-order valence-electron chi connectivity index (χ4n) is 3.32. The van der Waals surface area contributed by atoms with Gasteiger partial charge >= 0.3 is 0 Å². The molecule has 0 saturated heterocycles. The lowest BCUT2D eigenvalue weighted by Gasteiger charge is -2.07. The molecule has 3 aromatic carbocycles. The molecule has 124 valence electrons. The van der Waals surface area contributed by atoms with Crippen LogP contribution in [0.4, 0.5) is 0 Å². The number of nitrogens with one attached hydrogen (secondary N) is 1. The zero-order valence-electron chi connectivity index (χ0n) is 14.5. The number of aromatic amines is 1. The first kappa shape index (κ1) is 15.5. The van der Waals surface area contributed by atoms with E-state index >= 15 is 0 Å². The van der Waals surface area contributed by atoms with E-state index in [1.54, 1.807) is 0 Å². The van der Waals surface area contributed by atoms with E-state index in [1.807, 2.05) is 24.3 Å². The lowest BCUT2D eigenvalue weighted by molar-refractivity contribution is 0.306. The third kappa shape index (κ3) is 3.16. The van der Waals surface area contributed by atoms with Gasteiger partial charge in [0.25, 0.3) is 0 Å². The summed E-state index contributed by atoms with van der Waals surface area (Å²) in [4.78, 5) is 3.54. The van der Waals surface area contributed by atoms with Gasteiger partial charge in [0.2, 0.25) is 0 Å². The zero-order chi connectivity index (χ0) is 17.2. The maximum Gasteiger partial charge on any atom is 0.120 e. The smallest absolute Gasteiger partial charge is 0.120 e. The first-order valence-corrected chi connectivity index (χ1v) is 8.57. The molecule has 2 heteroatoms. The number of aryl methyl sites for hydroxylation is 2. The van der Waals surface area contributed by atoms with Crippen LogP contribution in [0.3, 0.4) is 0 Å². The van der Waals surface area contributed by atoms with E-state index < -0.39 is 0 Å². The van der Waals surface area contributed by atoms with Crippen molar-refractivity contribution in [2.75, 3.05) is 0 Å². The van der Waals surface area contributed by atoms with Crippen LogP contribution in [0.15, 0.2) is 72.8 Å². The molecule has 0 spiro atoms. The highest BCUT2D eigenvalue weighted by Crippen LogP contribution is 2.31. The van der Waals surface area contributed by atoms with Gasteiger partial charge in [0.05, 0.1) is 0 Å². The summed E-state index contributed by atoms with van der Waals surface area (Å²) in [7, 11) is 0. The van der Waals surface area contributed by atoms with Crippen LogP contribution in [-0.4, -0.2) is 4.98 Å². The lowest BCUT2D eigenvalue weighted by atomic mass is 10.0. The van der Waals surface area contributed by atoms with Crippen molar-refractivity contribution in [2.24, 2.45) is 0 Å². The van der Waals surface area contributed by atoms with Crippen molar-refractivity contribution in [3.8, 4) is 17.0 Å². The lowest BCUT2D eigenvalue weighted by Crippen LogP contribution is -1.94. The predicted molar refractivity (Wildman–Crippen MR) is 104 cm³/mol. The Morgan fingerprint density at radius 1 is 0.800 bits per heavy atom. The normalized spacial score (nSPS) is 11.0. The molecule has 0 radical (unpaired) electrons. The summed E-state index contributed by atoms with van der Waals surface area (Å²) in [6.07, 6.45) is 0. The van der Waals surface area contributed by atoms with E-state index in [0.717, 1.165) is 17.0 Å². The van der Waals surface area contributed by atoms with Crippen LogP contribution in [0, 0.1) is 13.8 Å². The molecular formula is C23H21NO. The molecule has 0 saturated carbocycles. The molecule has 0 amide bonds. The molecule has 4 aromatic rings. The second-order valence-electron chi connectivity index (χ2n) is 6.47. The SMILES string of the molecule is Cc1cccc(C)c1-c1cc2cc(OCc3ccccc3)ccc2[nH]1. The number of hydrogen-bond acceptors (Lipinski definition) is 1.